The number of rotatable bonds is 10. The van der Waals surface area contributed by atoms with Crippen molar-refractivity contribution in [3.63, 3.8) is 0 Å². The normalized spacial score (nSPS) is 11.3. The highest BCUT2D eigenvalue weighted by atomic mass is 16.5. The van der Waals surface area contributed by atoms with Gasteiger partial charge in [0.1, 0.15) is 11.5 Å². The highest BCUT2D eigenvalue weighted by Crippen LogP contribution is 2.36. The molecule has 3 aromatic rings. The molecule has 0 saturated heterocycles. The van der Waals surface area contributed by atoms with Gasteiger partial charge in [0.05, 0.1) is 19.8 Å². The molecule has 0 unspecified atom stereocenters. The fourth-order valence-electron chi connectivity index (χ4n) is 3.64. The summed E-state index contributed by atoms with van der Waals surface area (Å²) in [7, 11) is 3.40. The molecule has 0 spiro atoms. The largest absolute Gasteiger partial charge is 0.497 e. The van der Waals surface area contributed by atoms with Gasteiger partial charge < -0.3 is 9.47 Å². The van der Waals surface area contributed by atoms with Crippen molar-refractivity contribution in [2.45, 2.75) is 31.8 Å². The monoisotopic (exact) mass is 388 g/mol. The molecule has 3 rings (SSSR count). The van der Waals surface area contributed by atoms with Crippen LogP contribution in [-0.4, -0.2) is 14.2 Å². The van der Waals surface area contributed by atoms with Gasteiger partial charge in [-0.3, -0.25) is 5.32 Å². The minimum atomic E-state index is -0.343. The molecule has 0 aromatic heterocycles. The maximum Gasteiger partial charge on any atom is 0.118 e. The van der Waals surface area contributed by atoms with E-state index in [2.05, 4.69) is 73.3 Å². The second kappa shape index (κ2) is 10.1. The molecule has 3 heteroatoms. The SMILES string of the molecule is CC[CH]CC(NCc1ccccc1)(c1ccc(OC)cc1)c1ccc(OC)cc1. The third-order valence-electron chi connectivity index (χ3n) is 5.34. The fourth-order valence-corrected chi connectivity index (χ4v) is 3.64. The Kier molecular flexibility index (Phi) is 7.31. The van der Waals surface area contributed by atoms with E-state index < -0.39 is 0 Å². The highest BCUT2D eigenvalue weighted by molar-refractivity contribution is 5.43. The van der Waals surface area contributed by atoms with Crippen LogP contribution in [0.4, 0.5) is 0 Å². The Morgan fingerprint density at radius 3 is 1.72 bits per heavy atom. The third kappa shape index (κ3) is 4.99. The Labute approximate surface area is 174 Å². The number of nitrogens with one attached hydrogen (secondary N) is 1. The fraction of sp³-hybridized carbons (Fsp3) is 0.269. The zero-order valence-corrected chi connectivity index (χ0v) is 17.5. The minimum absolute atomic E-state index is 0.343. The topological polar surface area (TPSA) is 30.5 Å². The van der Waals surface area contributed by atoms with E-state index in [1.165, 1.54) is 16.7 Å². The molecule has 1 radical (unpaired) electrons. The van der Waals surface area contributed by atoms with E-state index in [4.69, 9.17) is 9.47 Å². The lowest BCUT2D eigenvalue weighted by atomic mass is 9.78. The molecule has 3 nitrogen and oxygen atoms in total. The third-order valence-corrected chi connectivity index (χ3v) is 5.34. The molecule has 0 fully saturated rings. The molecule has 151 valence electrons. The molecule has 0 aliphatic rings. The van der Waals surface area contributed by atoms with Gasteiger partial charge in [0.2, 0.25) is 0 Å². The van der Waals surface area contributed by atoms with Crippen molar-refractivity contribution in [1.29, 1.82) is 0 Å². The average Bonchev–Trinajstić information content (AvgIpc) is 2.80. The van der Waals surface area contributed by atoms with Gasteiger partial charge in [-0.2, -0.15) is 0 Å². The van der Waals surface area contributed by atoms with Gasteiger partial charge in [-0.1, -0.05) is 67.9 Å². The van der Waals surface area contributed by atoms with Gasteiger partial charge >= 0.3 is 0 Å². The first-order valence-electron chi connectivity index (χ1n) is 10.1. The van der Waals surface area contributed by atoms with Crippen molar-refractivity contribution in [3.8, 4) is 11.5 Å². The molecule has 0 aliphatic carbocycles. The quantitative estimate of drug-likeness (QED) is 0.480. The molecule has 0 amide bonds. The average molecular weight is 389 g/mol. The van der Waals surface area contributed by atoms with Crippen LogP contribution in [0.1, 0.15) is 36.5 Å². The van der Waals surface area contributed by atoms with Crippen LogP contribution in [0.2, 0.25) is 0 Å². The standard InChI is InChI=1S/C26H30NO2/c1-4-5-19-26(22-11-15-24(28-2)16-12-22,23-13-17-25(29-3)18-14-23)27-20-21-9-7-6-8-10-21/h5-18,27H,4,19-20H2,1-3H3. The maximum atomic E-state index is 5.38. The molecule has 3 aromatic carbocycles. The molecule has 0 heterocycles. The lowest BCUT2D eigenvalue weighted by Crippen LogP contribution is -2.43. The zero-order chi connectivity index (χ0) is 20.5. The van der Waals surface area contributed by atoms with Crippen molar-refractivity contribution in [2.75, 3.05) is 14.2 Å². The van der Waals surface area contributed by atoms with Crippen LogP contribution < -0.4 is 14.8 Å². The zero-order valence-electron chi connectivity index (χ0n) is 17.5. The molecular formula is C26H30NO2. The lowest BCUT2D eigenvalue weighted by molar-refractivity contribution is 0.383. The van der Waals surface area contributed by atoms with Crippen LogP contribution in [0.15, 0.2) is 78.9 Å². The Balaban J connectivity index is 2.05. The first kappa shape index (κ1) is 20.9. The molecule has 1 N–H and O–H groups in total. The van der Waals surface area contributed by atoms with Crippen LogP contribution in [0.3, 0.4) is 0 Å². The van der Waals surface area contributed by atoms with Crippen LogP contribution >= 0.6 is 0 Å². The van der Waals surface area contributed by atoms with Crippen molar-refractivity contribution in [3.05, 3.63) is 102 Å². The first-order chi connectivity index (χ1) is 14.2. The summed E-state index contributed by atoms with van der Waals surface area (Å²) in [5.41, 5.74) is 3.34. The highest BCUT2D eigenvalue weighted by Gasteiger charge is 2.33. The predicted molar refractivity (Wildman–Crippen MR) is 119 cm³/mol. The molecular weight excluding hydrogens is 358 g/mol. The molecule has 0 bridgehead atoms. The summed E-state index contributed by atoms with van der Waals surface area (Å²) in [6.45, 7) is 2.96. The maximum absolute atomic E-state index is 5.38. The van der Waals surface area contributed by atoms with Crippen molar-refractivity contribution >= 4 is 0 Å². The second-order valence-electron chi connectivity index (χ2n) is 7.10. The lowest BCUT2D eigenvalue weighted by Gasteiger charge is -2.37. The summed E-state index contributed by atoms with van der Waals surface area (Å²) in [6, 6.07) is 27.3. The Hall–Kier alpha value is -2.78. The van der Waals surface area contributed by atoms with Gasteiger partial charge in [-0.15, -0.1) is 0 Å². The van der Waals surface area contributed by atoms with E-state index in [0.29, 0.717) is 0 Å². The van der Waals surface area contributed by atoms with E-state index in [9.17, 15) is 0 Å². The van der Waals surface area contributed by atoms with E-state index in [1.807, 2.05) is 24.3 Å². The smallest absolute Gasteiger partial charge is 0.118 e. The summed E-state index contributed by atoms with van der Waals surface area (Å²) in [4.78, 5) is 0. The van der Waals surface area contributed by atoms with Crippen molar-refractivity contribution < 1.29 is 9.47 Å². The van der Waals surface area contributed by atoms with Crippen LogP contribution in [-0.2, 0) is 12.1 Å². The van der Waals surface area contributed by atoms with Crippen molar-refractivity contribution in [2.24, 2.45) is 0 Å². The summed E-state index contributed by atoms with van der Waals surface area (Å²) in [6.07, 6.45) is 4.24. The van der Waals surface area contributed by atoms with Gasteiger partial charge in [0, 0.05) is 6.54 Å². The number of ether oxygens (including phenoxy) is 2. The van der Waals surface area contributed by atoms with Crippen LogP contribution in [0, 0.1) is 6.42 Å². The van der Waals surface area contributed by atoms with E-state index in [-0.39, 0.29) is 5.54 Å². The summed E-state index contributed by atoms with van der Waals surface area (Å²) < 4.78 is 10.8. The molecule has 0 aliphatic heterocycles. The van der Waals surface area contributed by atoms with Gasteiger partial charge in [0.25, 0.3) is 0 Å². The van der Waals surface area contributed by atoms with Gasteiger partial charge in [-0.25, -0.2) is 0 Å². The Morgan fingerprint density at radius 2 is 1.28 bits per heavy atom. The number of methoxy groups -OCH3 is 2. The van der Waals surface area contributed by atoms with E-state index in [0.717, 1.165) is 30.9 Å². The van der Waals surface area contributed by atoms with Gasteiger partial charge in [-0.05, 0) is 53.8 Å². The molecule has 29 heavy (non-hydrogen) atoms. The summed E-state index contributed by atoms with van der Waals surface area (Å²) in [5, 5.41) is 3.88. The van der Waals surface area contributed by atoms with Gasteiger partial charge in [0.15, 0.2) is 0 Å². The van der Waals surface area contributed by atoms with Crippen LogP contribution in [0.25, 0.3) is 0 Å². The summed E-state index contributed by atoms with van der Waals surface area (Å²) in [5.74, 6) is 1.72. The molecule has 0 saturated carbocycles. The van der Waals surface area contributed by atoms with Crippen LogP contribution in [0.5, 0.6) is 11.5 Å². The number of hydrogen-bond donors (Lipinski definition) is 1. The first-order valence-corrected chi connectivity index (χ1v) is 10.1. The van der Waals surface area contributed by atoms with Crippen molar-refractivity contribution in [1.82, 2.24) is 5.32 Å². The predicted octanol–water partition coefficient (Wildman–Crippen LogP) is 5.74. The number of benzene rings is 3. The Bertz CT molecular complexity index is 810. The van der Waals surface area contributed by atoms with E-state index in [1.54, 1.807) is 14.2 Å². The molecule has 0 atom stereocenters. The van der Waals surface area contributed by atoms with E-state index >= 15 is 0 Å². The number of hydrogen-bond acceptors (Lipinski definition) is 3. The second-order valence-corrected chi connectivity index (χ2v) is 7.10. The minimum Gasteiger partial charge on any atom is -0.497 e. The number of unbranched alkanes of at least 4 members (excludes halogenated alkanes) is 1. The summed E-state index contributed by atoms with van der Waals surface area (Å²) >= 11 is 0. The Morgan fingerprint density at radius 1 is 0.759 bits per heavy atom.